The minimum atomic E-state index is -1.99. The summed E-state index contributed by atoms with van der Waals surface area (Å²) in [6, 6.07) is -1.03. The van der Waals surface area contributed by atoms with Crippen LogP contribution in [0.15, 0.2) is 146 Å². The summed E-state index contributed by atoms with van der Waals surface area (Å²) >= 11 is 0. The first-order valence-corrected chi connectivity index (χ1v) is 33.1. The fourth-order valence-electron chi connectivity index (χ4n) is 9.98. The number of carbonyl (C=O) groups excluding carboxylic acids is 1. The van der Waals surface area contributed by atoms with Crippen molar-refractivity contribution in [1.82, 2.24) is 5.32 Å². The van der Waals surface area contributed by atoms with Crippen molar-refractivity contribution in [3.63, 3.8) is 0 Å². The molecule has 19 heteroatoms. The van der Waals surface area contributed by atoms with Crippen LogP contribution in [0.5, 0.6) is 0 Å². The smallest absolute Gasteiger partial charge is 0.220 e. The summed E-state index contributed by atoms with van der Waals surface area (Å²) in [5, 5.41) is 120. The molecule has 3 heterocycles. The summed E-state index contributed by atoms with van der Waals surface area (Å²) in [7, 11) is 0. The molecule has 12 N–H and O–H groups in total. The monoisotopic (exact) mass is 1270 g/mol. The van der Waals surface area contributed by atoms with Crippen LogP contribution in [-0.4, -0.2) is 193 Å². The van der Waals surface area contributed by atoms with Crippen LogP contribution in [0.3, 0.4) is 0 Å². The minimum Gasteiger partial charge on any atom is -0.394 e. The molecule has 3 saturated heterocycles. The molecule has 0 aromatic heterocycles. The second-order valence-electron chi connectivity index (χ2n) is 22.8. The number of carbonyl (C=O) groups is 1. The van der Waals surface area contributed by atoms with E-state index >= 15 is 0 Å². The molecule has 0 radical (unpaired) electrons. The number of amides is 1. The van der Waals surface area contributed by atoms with Crippen LogP contribution >= 0.6 is 0 Å². The molecule has 17 unspecified atom stereocenters. The average Bonchev–Trinajstić information content (AvgIpc) is 0.908. The molecule has 0 aliphatic carbocycles. The topological polar surface area (TPSA) is 307 Å². The molecule has 3 rings (SSSR count). The quantitative estimate of drug-likeness (QED) is 0.0203. The van der Waals surface area contributed by atoms with Gasteiger partial charge in [-0.3, -0.25) is 4.79 Å². The number of hydrogen-bond donors (Lipinski definition) is 12. The molecule has 0 bridgehead atoms. The number of hydrogen-bond acceptors (Lipinski definition) is 18. The van der Waals surface area contributed by atoms with Crippen molar-refractivity contribution in [1.29, 1.82) is 0 Å². The third kappa shape index (κ3) is 33.0. The second kappa shape index (κ2) is 51.1. The third-order valence-corrected chi connectivity index (χ3v) is 15.3. The van der Waals surface area contributed by atoms with E-state index in [-0.39, 0.29) is 12.3 Å². The summed E-state index contributed by atoms with van der Waals surface area (Å²) in [5.74, 6) is -0.330. The Morgan fingerprint density at radius 2 is 0.778 bits per heavy atom. The van der Waals surface area contributed by atoms with Gasteiger partial charge in [-0.25, -0.2) is 0 Å². The van der Waals surface area contributed by atoms with E-state index in [0.29, 0.717) is 12.8 Å². The van der Waals surface area contributed by atoms with Crippen LogP contribution in [0.25, 0.3) is 0 Å². The highest BCUT2D eigenvalue weighted by Crippen LogP contribution is 2.33. The van der Waals surface area contributed by atoms with E-state index in [4.69, 9.17) is 28.4 Å². The van der Waals surface area contributed by atoms with E-state index in [1.54, 1.807) is 6.08 Å². The number of aliphatic hydroxyl groups excluding tert-OH is 11. The molecule has 3 aliphatic rings. The number of aliphatic hydroxyl groups is 11. The van der Waals surface area contributed by atoms with Gasteiger partial charge in [0.2, 0.25) is 5.91 Å². The Kier molecular flexibility index (Phi) is 45.4. The molecule has 19 nitrogen and oxygen atoms in total. The van der Waals surface area contributed by atoms with E-state index in [9.17, 15) is 61.0 Å². The van der Waals surface area contributed by atoms with E-state index < -0.39 is 131 Å². The Hall–Kier alpha value is -4.33. The second-order valence-corrected chi connectivity index (χ2v) is 22.8. The number of rotatable bonds is 47. The Morgan fingerprint density at radius 1 is 0.411 bits per heavy atom. The Morgan fingerprint density at radius 3 is 1.22 bits per heavy atom. The van der Waals surface area contributed by atoms with Crippen LogP contribution in [0, 0.1) is 0 Å². The molecule has 17 atom stereocenters. The first-order valence-electron chi connectivity index (χ1n) is 33.1. The Balaban J connectivity index is 1.45. The van der Waals surface area contributed by atoms with Crippen molar-refractivity contribution in [2.75, 3.05) is 26.4 Å². The van der Waals surface area contributed by atoms with Crippen molar-refractivity contribution < 1.29 is 89.4 Å². The van der Waals surface area contributed by atoms with Crippen molar-refractivity contribution in [3.05, 3.63) is 146 Å². The third-order valence-electron chi connectivity index (χ3n) is 15.3. The molecular formula is C71H113NO18. The number of unbranched alkanes of at least 4 members (excludes halogenated alkanes) is 9. The van der Waals surface area contributed by atoms with Gasteiger partial charge in [0, 0.05) is 6.42 Å². The summed E-state index contributed by atoms with van der Waals surface area (Å²) in [5.41, 5.74) is 0. The first kappa shape index (κ1) is 79.9. The molecule has 0 aromatic carbocycles. The fraction of sp³-hybridized carbons (Fsp3) is 0.648. The van der Waals surface area contributed by atoms with E-state index in [0.717, 1.165) is 103 Å². The maximum Gasteiger partial charge on any atom is 0.220 e. The van der Waals surface area contributed by atoms with Gasteiger partial charge >= 0.3 is 0 Å². The largest absolute Gasteiger partial charge is 0.394 e. The molecule has 3 fully saturated rings. The lowest BCUT2D eigenvalue weighted by Gasteiger charge is -2.48. The van der Waals surface area contributed by atoms with Gasteiger partial charge in [-0.05, 0) is 116 Å². The minimum absolute atomic E-state index is 0.181. The molecule has 510 valence electrons. The zero-order valence-corrected chi connectivity index (χ0v) is 53.5. The lowest BCUT2D eigenvalue weighted by molar-refractivity contribution is -0.379. The molecule has 0 spiro atoms. The Labute approximate surface area is 536 Å². The molecule has 0 saturated carbocycles. The predicted molar refractivity (Wildman–Crippen MR) is 350 cm³/mol. The summed E-state index contributed by atoms with van der Waals surface area (Å²) in [6.45, 7) is 1.49. The van der Waals surface area contributed by atoms with Crippen LogP contribution in [0.1, 0.15) is 162 Å². The predicted octanol–water partition coefficient (Wildman–Crippen LogP) is 7.98. The SMILES string of the molecule is CC/C=C\C/C=C\C/C=C\C/C=C\C/C=C\C/C=C\C/C=C\C/C=C\C/C=C\CCCCCC(=O)NC(COC1OC(CO)C(OC2OC(CO)C(OC3OC(CO)C(O)C(O)C3O)C(O)C2O)C(O)C1O)C(O)/C=C/CC/C=C/CC/C=C/CCCCCC. The molecule has 3 aliphatic heterocycles. The van der Waals surface area contributed by atoms with Crippen molar-refractivity contribution in [2.45, 2.75) is 266 Å². The van der Waals surface area contributed by atoms with E-state index in [1.165, 1.54) is 25.7 Å². The van der Waals surface area contributed by atoms with Crippen LogP contribution in [0.2, 0.25) is 0 Å². The van der Waals surface area contributed by atoms with Crippen LogP contribution in [-0.2, 0) is 33.2 Å². The maximum atomic E-state index is 13.4. The van der Waals surface area contributed by atoms with E-state index in [1.807, 2.05) is 6.08 Å². The lowest BCUT2D eigenvalue weighted by Crippen LogP contribution is -2.66. The maximum absolute atomic E-state index is 13.4. The van der Waals surface area contributed by atoms with Crippen molar-refractivity contribution in [3.8, 4) is 0 Å². The Bertz CT molecular complexity index is 2200. The highest BCUT2D eigenvalue weighted by Gasteiger charge is 2.53. The normalized spacial score (nSPS) is 29.0. The van der Waals surface area contributed by atoms with Crippen molar-refractivity contribution >= 4 is 5.91 Å². The average molecular weight is 1270 g/mol. The highest BCUT2D eigenvalue weighted by molar-refractivity contribution is 5.76. The van der Waals surface area contributed by atoms with Crippen LogP contribution in [0.4, 0.5) is 0 Å². The standard InChI is InChI=1S/C71H113NO18/c1-3-5-7-9-11-13-15-17-19-20-21-22-23-24-25-26-27-28-29-30-31-32-33-34-35-37-39-41-43-45-47-49-59(77)72-54(55(76)48-46-44-42-40-38-36-18-16-14-12-10-8-6-4-2)53-85-69-65(83)62(80)67(57(51-74)87-69)90-71-66(84)63(81)68(58(52-75)88-71)89-70-64(82)61(79)60(78)56(50-73)86-70/h5,7,11,13-14,16-17,19,21-22,24-25,27-28,30-31,33-34,37-40,46,48,54-58,60-71,73-76,78-84H,3-4,6,8-10,12,15,18,20,23,26,29,32,35-36,41-45,47,49-53H2,1-2H3,(H,72,77)/b7-5-,13-11-,16-14+,19-17-,22-21-,25-24-,28-27-,31-30-,34-33-,39-37-,40-38+,48-46+. The summed E-state index contributed by atoms with van der Waals surface area (Å²) in [4.78, 5) is 13.4. The number of nitrogens with one attached hydrogen (secondary N) is 1. The molecule has 1 amide bonds. The summed E-state index contributed by atoms with van der Waals surface area (Å²) < 4.78 is 34.2. The van der Waals surface area contributed by atoms with Gasteiger partial charge in [-0.15, -0.1) is 0 Å². The van der Waals surface area contributed by atoms with Crippen LogP contribution < -0.4 is 5.32 Å². The molecule has 90 heavy (non-hydrogen) atoms. The van der Waals surface area contributed by atoms with Crippen molar-refractivity contribution in [2.24, 2.45) is 0 Å². The molecular weight excluding hydrogens is 1150 g/mol. The number of allylic oxidation sites excluding steroid dienone is 23. The van der Waals surface area contributed by atoms with Gasteiger partial charge in [-0.1, -0.05) is 185 Å². The van der Waals surface area contributed by atoms with Gasteiger partial charge in [0.05, 0.1) is 38.6 Å². The van der Waals surface area contributed by atoms with Gasteiger partial charge in [0.1, 0.15) is 73.2 Å². The van der Waals surface area contributed by atoms with E-state index in [2.05, 4.69) is 153 Å². The highest BCUT2D eigenvalue weighted by atomic mass is 16.8. The van der Waals surface area contributed by atoms with Gasteiger partial charge in [0.15, 0.2) is 18.9 Å². The van der Waals surface area contributed by atoms with Gasteiger partial charge < -0.3 is 89.9 Å². The molecule has 0 aromatic rings. The zero-order valence-electron chi connectivity index (χ0n) is 53.5. The summed E-state index contributed by atoms with van der Waals surface area (Å²) in [6.07, 6.45) is 45.4. The van der Waals surface area contributed by atoms with Gasteiger partial charge in [-0.2, -0.15) is 0 Å². The lowest BCUT2D eigenvalue weighted by atomic mass is 9.96. The zero-order chi connectivity index (χ0) is 65.4. The van der Waals surface area contributed by atoms with Gasteiger partial charge in [0.25, 0.3) is 0 Å². The number of ether oxygens (including phenoxy) is 6. The first-order chi connectivity index (χ1) is 43.8. The fourth-order valence-corrected chi connectivity index (χ4v) is 9.98.